The van der Waals surface area contributed by atoms with E-state index in [1.54, 1.807) is 0 Å². The lowest BCUT2D eigenvalue weighted by Gasteiger charge is -2.28. The Hall–Kier alpha value is -2.61. The maximum Gasteiger partial charge on any atom is 0.0653 e. The van der Waals surface area contributed by atoms with Crippen molar-refractivity contribution in [1.29, 1.82) is 0 Å². The fourth-order valence-electron chi connectivity index (χ4n) is 3.98. The van der Waals surface area contributed by atoms with E-state index in [2.05, 4.69) is 113 Å². The van der Waals surface area contributed by atoms with Crippen LogP contribution in [-0.4, -0.2) is 25.3 Å². The summed E-state index contributed by atoms with van der Waals surface area (Å²) in [6, 6.07) is 17.6. The number of hydrogen-bond acceptors (Lipinski definition) is 2. The third-order valence-corrected chi connectivity index (χ3v) is 5.31. The van der Waals surface area contributed by atoms with Gasteiger partial charge >= 0.3 is 0 Å². The number of anilines is 1. The van der Waals surface area contributed by atoms with Crippen molar-refractivity contribution in [2.24, 2.45) is 22.7 Å². The Bertz CT molecular complexity index is 933. The van der Waals surface area contributed by atoms with E-state index in [9.17, 15) is 0 Å². The van der Waals surface area contributed by atoms with Gasteiger partial charge in [0, 0.05) is 30.9 Å². The number of nitrogens with zero attached hydrogens (tertiary/aromatic N) is 2. The monoisotopic (exact) mass is 414 g/mol. The van der Waals surface area contributed by atoms with Crippen molar-refractivity contribution < 1.29 is 0 Å². The predicted octanol–water partition coefficient (Wildman–Crippen LogP) is 7.36. The van der Waals surface area contributed by atoms with Crippen LogP contribution in [0.1, 0.15) is 58.2 Å². The first kappa shape index (κ1) is 23.1. The molecule has 0 atom stereocenters. The van der Waals surface area contributed by atoms with Crippen molar-refractivity contribution in [3.8, 4) is 0 Å². The minimum absolute atomic E-state index is 0.564. The molecular formula is C29H38N2. The molecule has 0 spiro atoms. The maximum absolute atomic E-state index is 4.84. The van der Waals surface area contributed by atoms with Crippen LogP contribution in [0.15, 0.2) is 65.7 Å². The molecule has 1 aliphatic rings. The zero-order valence-corrected chi connectivity index (χ0v) is 20.1. The number of rotatable bonds is 8. The molecule has 0 saturated heterocycles. The summed E-state index contributed by atoms with van der Waals surface area (Å²) in [7, 11) is 0. The van der Waals surface area contributed by atoms with Gasteiger partial charge in [0.05, 0.1) is 5.71 Å². The van der Waals surface area contributed by atoms with Gasteiger partial charge in [-0.3, -0.25) is 4.99 Å². The molecule has 1 aliphatic carbocycles. The quantitative estimate of drug-likeness (QED) is 0.440. The van der Waals surface area contributed by atoms with E-state index in [0.717, 1.165) is 25.3 Å². The van der Waals surface area contributed by atoms with Gasteiger partial charge in [0.1, 0.15) is 0 Å². The Morgan fingerprint density at radius 1 is 0.742 bits per heavy atom. The lowest BCUT2D eigenvalue weighted by molar-refractivity contribution is 0.553. The average Bonchev–Trinajstić information content (AvgIpc) is 2.72. The summed E-state index contributed by atoms with van der Waals surface area (Å²) in [5, 5.41) is 0. The molecule has 0 bridgehead atoms. The second kappa shape index (κ2) is 10.6. The van der Waals surface area contributed by atoms with Crippen LogP contribution in [0.25, 0.3) is 11.6 Å². The van der Waals surface area contributed by atoms with E-state index in [0.29, 0.717) is 17.8 Å². The summed E-state index contributed by atoms with van der Waals surface area (Å²) in [5.74, 6) is 1.86. The molecule has 31 heavy (non-hydrogen) atoms. The molecule has 0 amide bonds. The van der Waals surface area contributed by atoms with Crippen molar-refractivity contribution in [3.05, 3.63) is 77.4 Å². The van der Waals surface area contributed by atoms with Crippen molar-refractivity contribution in [2.45, 2.75) is 41.5 Å². The van der Waals surface area contributed by atoms with Crippen LogP contribution in [0.4, 0.5) is 5.69 Å². The van der Waals surface area contributed by atoms with Gasteiger partial charge in [-0.2, -0.15) is 0 Å². The molecule has 2 aromatic rings. The topological polar surface area (TPSA) is 15.6 Å². The molecule has 0 unspecified atom stereocenters. The van der Waals surface area contributed by atoms with Gasteiger partial charge in [-0.1, -0.05) is 84.0 Å². The van der Waals surface area contributed by atoms with Crippen LogP contribution >= 0.6 is 0 Å². The van der Waals surface area contributed by atoms with Crippen LogP contribution in [-0.2, 0) is 0 Å². The van der Waals surface area contributed by atoms with Gasteiger partial charge in [0.25, 0.3) is 0 Å². The standard InChI is InChI=1S/C29H38N2/c1-21(2)18-30-29-16-13-25(27-9-7-8-10-28(27)29)17-24-11-14-26(15-12-24)31(19-22(3)4)20-23(5)6/h7-17,21-23H,18-20H2,1-6H3. The first-order chi connectivity index (χ1) is 14.8. The molecule has 0 fully saturated rings. The highest BCUT2D eigenvalue weighted by Gasteiger charge is 2.15. The Morgan fingerprint density at radius 3 is 1.94 bits per heavy atom. The van der Waals surface area contributed by atoms with Gasteiger partial charge in [-0.25, -0.2) is 0 Å². The highest BCUT2D eigenvalue weighted by Crippen LogP contribution is 2.29. The van der Waals surface area contributed by atoms with Crippen molar-refractivity contribution in [3.63, 3.8) is 0 Å². The first-order valence-electron chi connectivity index (χ1n) is 11.7. The Kier molecular flexibility index (Phi) is 7.90. The van der Waals surface area contributed by atoms with Crippen LogP contribution in [0.3, 0.4) is 0 Å². The Morgan fingerprint density at radius 2 is 1.35 bits per heavy atom. The van der Waals surface area contributed by atoms with E-state index in [1.807, 2.05) is 0 Å². The predicted molar refractivity (Wildman–Crippen MR) is 138 cm³/mol. The number of hydrogen-bond donors (Lipinski definition) is 0. The van der Waals surface area contributed by atoms with Crippen LogP contribution in [0, 0.1) is 17.8 Å². The van der Waals surface area contributed by atoms with E-state index in [-0.39, 0.29) is 0 Å². The number of fused-ring (bicyclic) bond motifs is 1. The summed E-state index contributed by atoms with van der Waals surface area (Å²) >= 11 is 0. The van der Waals surface area contributed by atoms with Gasteiger partial charge < -0.3 is 4.90 Å². The second-order valence-electron chi connectivity index (χ2n) is 9.88. The zero-order chi connectivity index (χ0) is 22.4. The molecular weight excluding hydrogens is 376 g/mol. The highest BCUT2D eigenvalue weighted by atomic mass is 15.1. The van der Waals surface area contributed by atoms with Crippen molar-refractivity contribution in [2.75, 3.05) is 24.5 Å². The fraction of sp³-hybridized carbons (Fsp3) is 0.414. The molecule has 3 rings (SSSR count). The van der Waals surface area contributed by atoms with Gasteiger partial charge in [0.15, 0.2) is 0 Å². The molecule has 0 aromatic heterocycles. The summed E-state index contributed by atoms with van der Waals surface area (Å²) in [5.41, 5.74) is 7.37. The molecule has 2 aromatic carbocycles. The highest BCUT2D eigenvalue weighted by molar-refractivity contribution is 6.16. The zero-order valence-electron chi connectivity index (χ0n) is 20.1. The fourth-order valence-corrected chi connectivity index (χ4v) is 3.98. The van der Waals surface area contributed by atoms with Crippen molar-refractivity contribution >= 4 is 23.0 Å². The molecule has 2 nitrogen and oxygen atoms in total. The number of aliphatic imine (C=N–C) groups is 1. The van der Waals surface area contributed by atoms with Gasteiger partial charge in [-0.05, 0) is 58.7 Å². The molecule has 0 heterocycles. The Labute approximate surface area is 189 Å². The molecule has 164 valence electrons. The van der Waals surface area contributed by atoms with E-state index in [1.165, 1.54) is 28.0 Å². The average molecular weight is 415 g/mol. The van der Waals surface area contributed by atoms with E-state index < -0.39 is 0 Å². The second-order valence-corrected chi connectivity index (χ2v) is 9.88. The number of benzene rings is 2. The van der Waals surface area contributed by atoms with Gasteiger partial charge in [0.2, 0.25) is 0 Å². The summed E-state index contributed by atoms with van der Waals surface area (Å²) in [6.45, 7) is 16.6. The largest absolute Gasteiger partial charge is 0.371 e. The summed E-state index contributed by atoms with van der Waals surface area (Å²) in [6.07, 6.45) is 6.66. The Balaban J connectivity index is 1.87. The van der Waals surface area contributed by atoms with Crippen LogP contribution < -0.4 is 4.90 Å². The summed E-state index contributed by atoms with van der Waals surface area (Å²) in [4.78, 5) is 7.35. The molecule has 2 heteroatoms. The van der Waals surface area contributed by atoms with Crippen LogP contribution in [0.5, 0.6) is 0 Å². The number of allylic oxidation sites excluding steroid dienone is 3. The lowest BCUT2D eigenvalue weighted by Crippen LogP contribution is -2.31. The van der Waals surface area contributed by atoms with Crippen molar-refractivity contribution in [1.82, 2.24) is 0 Å². The molecule has 0 saturated carbocycles. The summed E-state index contributed by atoms with van der Waals surface area (Å²) < 4.78 is 0. The van der Waals surface area contributed by atoms with E-state index >= 15 is 0 Å². The minimum Gasteiger partial charge on any atom is -0.371 e. The third kappa shape index (κ3) is 6.43. The molecule has 0 N–H and O–H groups in total. The maximum atomic E-state index is 4.84. The third-order valence-electron chi connectivity index (χ3n) is 5.31. The first-order valence-corrected chi connectivity index (χ1v) is 11.7. The lowest BCUT2D eigenvalue weighted by atomic mass is 9.90. The minimum atomic E-state index is 0.564. The van der Waals surface area contributed by atoms with E-state index in [4.69, 9.17) is 4.99 Å². The van der Waals surface area contributed by atoms with Crippen LogP contribution in [0.2, 0.25) is 0 Å². The molecule has 0 aliphatic heterocycles. The SMILES string of the molecule is CC(C)CN=C1C=CC(=Cc2ccc(N(CC(C)C)CC(C)C)cc2)c2ccccc21. The van der Waals surface area contributed by atoms with Gasteiger partial charge in [-0.15, -0.1) is 0 Å². The molecule has 0 radical (unpaired) electrons. The normalized spacial score (nSPS) is 16.0. The smallest absolute Gasteiger partial charge is 0.0653 e.